The highest BCUT2D eigenvalue weighted by Crippen LogP contribution is 2.33. The topological polar surface area (TPSA) is 54.7 Å². The second kappa shape index (κ2) is 2.33. The number of pyridine rings is 1. The number of aromatic nitrogens is 2. The van der Waals surface area contributed by atoms with Gasteiger partial charge in [0.15, 0.2) is 0 Å². The van der Waals surface area contributed by atoms with Crippen LogP contribution in [0.3, 0.4) is 0 Å². The van der Waals surface area contributed by atoms with Gasteiger partial charge in [0.1, 0.15) is 0 Å². The fraction of sp³-hybridized carbons (Fsp3) is 0.300. The third-order valence-corrected chi connectivity index (χ3v) is 2.82. The maximum absolute atomic E-state index is 5.96. The Bertz CT molecular complexity index is 458. The average molecular weight is 173 g/mol. The Morgan fingerprint density at radius 2 is 2.46 bits per heavy atom. The minimum absolute atomic E-state index is 0.197. The van der Waals surface area contributed by atoms with Crippen molar-refractivity contribution in [2.45, 2.75) is 18.9 Å². The van der Waals surface area contributed by atoms with Crippen LogP contribution in [0.2, 0.25) is 0 Å². The van der Waals surface area contributed by atoms with E-state index in [2.05, 4.69) is 9.97 Å². The van der Waals surface area contributed by atoms with E-state index in [1.165, 1.54) is 16.6 Å². The lowest BCUT2D eigenvalue weighted by molar-refractivity contribution is 0.699. The summed E-state index contributed by atoms with van der Waals surface area (Å²) in [6.07, 6.45) is 5.87. The Morgan fingerprint density at radius 1 is 1.54 bits per heavy atom. The van der Waals surface area contributed by atoms with Gasteiger partial charge in [-0.15, -0.1) is 0 Å². The molecule has 2 aromatic rings. The summed E-state index contributed by atoms with van der Waals surface area (Å²) in [6.45, 7) is 0. The monoisotopic (exact) mass is 173 g/mol. The molecule has 1 unspecified atom stereocenters. The van der Waals surface area contributed by atoms with Crippen molar-refractivity contribution >= 4 is 10.9 Å². The van der Waals surface area contributed by atoms with Gasteiger partial charge >= 0.3 is 0 Å². The molecular weight excluding hydrogens is 162 g/mol. The van der Waals surface area contributed by atoms with E-state index >= 15 is 0 Å². The first-order valence-electron chi connectivity index (χ1n) is 4.56. The molecule has 0 radical (unpaired) electrons. The van der Waals surface area contributed by atoms with Crippen LogP contribution in [0.1, 0.15) is 23.7 Å². The lowest BCUT2D eigenvalue weighted by Crippen LogP contribution is -2.05. The Labute approximate surface area is 76.0 Å². The largest absolute Gasteiger partial charge is 0.357 e. The van der Waals surface area contributed by atoms with Gasteiger partial charge in [-0.1, -0.05) is 0 Å². The van der Waals surface area contributed by atoms with E-state index in [0.717, 1.165) is 18.4 Å². The minimum atomic E-state index is 0.197. The van der Waals surface area contributed by atoms with Gasteiger partial charge in [-0.25, -0.2) is 0 Å². The van der Waals surface area contributed by atoms with E-state index in [1.54, 1.807) is 6.20 Å². The molecule has 3 heteroatoms. The number of H-pyrrole nitrogens is 1. The summed E-state index contributed by atoms with van der Waals surface area (Å²) in [4.78, 5) is 7.49. The summed E-state index contributed by atoms with van der Waals surface area (Å²) in [6, 6.07) is 2.20. The number of nitrogens with one attached hydrogen (secondary N) is 1. The summed E-state index contributed by atoms with van der Waals surface area (Å²) in [5, 5.41) is 1.24. The molecule has 13 heavy (non-hydrogen) atoms. The molecule has 1 aliphatic rings. The van der Waals surface area contributed by atoms with E-state index in [1.807, 2.05) is 12.3 Å². The molecule has 0 amide bonds. The zero-order chi connectivity index (χ0) is 8.84. The molecule has 2 heterocycles. The van der Waals surface area contributed by atoms with Gasteiger partial charge in [0.05, 0.1) is 0 Å². The molecule has 1 aliphatic carbocycles. The van der Waals surface area contributed by atoms with Gasteiger partial charge in [-0.3, -0.25) is 4.98 Å². The summed E-state index contributed by atoms with van der Waals surface area (Å²) in [5.74, 6) is 0. The first-order chi connectivity index (χ1) is 6.36. The van der Waals surface area contributed by atoms with E-state index in [-0.39, 0.29) is 6.04 Å². The Hall–Kier alpha value is -1.35. The second-order valence-electron chi connectivity index (χ2n) is 3.58. The maximum Gasteiger partial charge on any atom is 0.0490 e. The molecule has 0 fully saturated rings. The van der Waals surface area contributed by atoms with Crippen molar-refractivity contribution in [1.29, 1.82) is 0 Å². The van der Waals surface area contributed by atoms with Crippen LogP contribution in [0.5, 0.6) is 0 Å². The number of fused-ring (bicyclic) bond motifs is 3. The van der Waals surface area contributed by atoms with Crippen LogP contribution in [0, 0.1) is 0 Å². The second-order valence-corrected chi connectivity index (χ2v) is 3.58. The molecule has 0 aliphatic heterocycles. The first-order valence-corrected chi connectivity index (χ1v) is 4.56. The summed E-state index contributed by atoms with van der Waals surface area (Å²) in [5.41, 5.74) is 9.70. The molecule has 0 saturated carbocycles. The van der Waals surface area contributed by atoms with Gasteiger partial charge in [-0.05, 0) is 24.5 Å². The summed E-state index contributed by atoms with van der Waals surface area (Å²) < 4.78 is 0. The third kappa shape index (κ3) is 0.848. The van der Waals surface area contributed by atoms with Crippen LogP contribution >= 0.6 is 0 Å². The zero-order valence-corrected chi connectivity index (χ0v) is 7.25. The molecule has 66 valence electrons. The van der Waals surface area contributed by atoms with E-state index < -0.39 is 0 Å². The van der Waals surface area contributed by atoms with Crippen LogP contribution in [0.15, 0.2) is 18.5 Å². The quantitative estimate of drug-likeness (QED) is 0.634. The smallest absolute Gasteiger partial charge is 0.0490 e. The number of aromatic amines is 1. The fourth-order valence-electron chi connectivity index (χ4n) is 2.14. The number of nitrogens with zero attached hydrogens (tertiary/aromatic N) is 1. The number of aryl methyl sites for hydroxylation is 1. The Balaban J connectivity index is 2.38. The van der Waals surface area contributed by atoms with E-state index in [9.17, 15) is 0 Å². The van der Waals surface area contributed by atoms with E-state index in [0.29, 0.717) is 0 Å². The molecule has 0 spiro atoms. The van der Waals surface area contributed by atoms with Crippen molar-refractivity contribution in [3.05, 3.63) is 29.7 Å². The highest BCUT2D eigenvalue weighted by molar-refractivity contribution is 5.84. The van der Waals surface area contributed by atoms with Gasteiger partial charge in [0, 0.05) is 35.0 Å². The lowest BCUT2D eigenvalue weighted by Gasteiger charge is -1.98. The Kier molecular flexibility index (Phi) is 1.27. The van der Waals surface area contributed by atoms with Crippen LogP contribution in [0.25, 0.3) is 10.9 Å². The summed E-state index contributed by atoms with van der Waals surface area (Å²) in [7, 11) is 0. The van der Waals surface area contributed by atoms with Crippen molar-refractivity contribution in [1.82, 2.24) is 9.97 Å². The van der Waals surface area contributed by atoms with Crippen molar-refractivity contribution in [3.63, 3.8) is 0 Å². The van der Waals surface area contributed by atoms with Gasteiger partial charge < -0.3 is 10.7 Å². The average Bonchev–Trinajstić information content (AvgIpc) is 2.67. The zero-order valence-electron chi connectivity index (χ0n) is 7.25. The molecule has 0 bridgehead atoms. The highest BCUT2D eigenvalue weighted by Gasteiger charge is 2.23. The van der Waals surface area contributed by atoms with Gasteiger partial charge in [0.2, 0.25) is 0 Å². The third-order valence-electron chi connectivity index (χ3n) is 2.82. The predicted molar refractivity (Wildman–Crippen MR) is 51.3 cm³/mol. The first kappa shape index (κ1) is 7.09. The molecule has 0 aromatic carbocycles. The normalized spacial score (nSPS) is 20.8. The fourth-order valence-corrected chi connectivity index (χ4v) is 2.14. The minimum Gasteiger partial charge on any atom is -0.357 e. The molecule has 3 rings (SSSR count). The predicted octanol–water partition coefficient (Wildman–Crippen LogP) is 1.51. The molecular formula is C10H11N3. The van der Waals surface area contributed by atoms with Crippen molar-refractivity contribution in [3.8, 4) is 0 Å². The molecule has 3 N–H and O–H groups in total. The van der Waals surface area contributed by atoms with Crippen LogP contribution < -0.4 is 5.73 Å². The van der Waals surface area contributed by atoms with Crippen LogP contribution in [-0.4, -0.2) is 9.97 Å². The summed E-state index contributed by atoms with van der Waals surface area (Å²) >= 11 is 0. The molecule has 1 atom stereocenters. The number of hydrogen-bond donors (Lipinski definition) is 2. The van der Waals surface area contributed by atoms with Gasteiger partial charge in [0.25, 0.3) is 0 Å². The van der Waals surface area contributed by atoms with Gasteiger partial charge in [-0.2, -0.15) is 0 Å². The number of nitrogens with two attached hydrogens (primary N) is 1. The number of hydrogen-bond acceptors (Lipinski definition) is 2. The highest BCUT2D eigenvalue weighted by atomic mass is 14.8. The Morgan fingerprint density at radius 3 is 3.38 bits per heavy atom. The maximum atomic E-state index is 5.96. The SMILES string of the molecule is NC1CCc2c1[nH]c1ccncc21. The lowest BCUT2D eigenvalue weighted by atomic mass is 10.2. The molecule has 3 nitrogen and oxygen atoms in total. The van der Waals surface area contributed by atoms with E-state index in [4.69, 9.17) is 5.73 Å². The van der Waals surface area contributed by atoms with Crippen LogP contribution in [-0.2, 0) is 6.42 Å². The van der Waals surface area contributed by atoms with Crippen molar-refractivity contribution < 1.29 is 0 Å². The molecule has 0 saturated heterocycles. The standard InChI is InChI=1S/C10H11N3/c11-8-2-1-6-7-5-12-4-3-9(7)13-10(6)8/h3-5,8,13H,1-2,11H2. The molecule has 2 aromatic heterocycles. The number of rotatable bonds is 0. The van der Waals surface area contributed by atoms with Crippen LogP contribution in [0.4, 0.5) is 0 Å². The van der Waals surface area contributed by atoms with Crippen molar-refractivity contribution in [2.75, 3.05) is 0 Å². The van der Waals surface area contributed by atoms with Crippen molar-refractivity contribution in [2.24, 2.45) is 5.73 Å².